The van der Waals surface area contributed by atoms with Crippen molar-refractivity contribution in [1.82, 2.24) is 4.90 Å². The number of aryl methyl sites for hydroxylation is 1. The maximum Gasteiger partial charge on any atom is 0.133 e. The van der Waals surface area contributed by atoms with E-state index in [4.69, 9.17) is 12.2 Å². The summed E-state index contributed by atoms with van der Waals surface area (Å²) in [5.74, 6) is 0. The number of thiocarbonyl (C=S) groups is 1. The smallest absolute Gasteiger partial charge is 0.133 e. The van der Waals surface area contributed by atoms with Crippen molar-refractivity contribution >= 4 is 40.5 Å². The van der Waals surface area contributed by atoms with Crippen molar-refractivity contribution in [3.05, 3.63) is 57.8 Å². The average molecular weight is 293 g/mol. The molecule has 94 valence electrons. The zero-order chi connectivity index (χ0) is 13.0. The largest absolute Gasteiger partial charge is 0.348 e. The number of thiophene rings is 1. The molecular formula is C14H15NS3. The molecular weight excluding hydrogens is 278 g/mol. The van der Waals surface area contributed by atoms with E-state index >= 15 is 0 Å². The second-order valence-electron chi connectivity index (χ2n) is 4.20. The van der Waals surface area contributed by atoms with E-state index in [2.05, 4.69) is 66.2 Å². The van der Waals surface area contributed by atoms with Crippen LogP contribution in [-0.4, -0.2) is 9.22 Å². The van der Waals surface area contributed by atoms with E-state index < -0.39 is 0 Å². The van der Waals surface area contributed by atoms with Crippen molar-refractivity contribution in [2.75, 3.05) is 0 Å². The number of benzene rings is 1. The summed E-state index contributed by atoms with van der Waals surface area (Å²) in [6.07, 6.45) is 0. The Labute approximate surface area is 123 Å². The quantitative estimate of drug-likeness (QED) is 0.662. The maximum absolute atomic E-state index is 5.21. The van der Waals surface area contributed by atoms with Gasteiger partial charge in [0.15, 0.2) is 0 Å². The molecule has 0 saturated heterocycles. The zero-order valence-electron chi connectivity index (χ0n) is 10.2. The topological polar surface area (TPSA) is 3.24 Å². The summed E-state index contributed by atoms with van der Waals surface area (Å²) in [4.78, 5) is 3.41. The van der Waals surface area contributed by atoms with Gasteiger partial charge in [-0.2, -0.15) is 0 Å². The monoisotopic (exact) mass is 293 g/mol. The molecule has 2 aromatic rings. The molecule has 0 aliphatic heterocycles. The second kappa shape index (κ2) is 6.36. The second-order valence-corrected chi connectivity index (χ2v) is 6.35. The van der Waals surface area contributed by atoms with Crippen LogP contribution in [-0.2, 0) is 13.1 Å². The van der Waals surface area contributed by atoms with Crippen molar-refractivity contribution in [2.45, 2.75) is 20.0 Å². The third-order valence-electron chi connectivity index (χ3n) is 2.69. The van der Waals surface area contributed by atoms with Crippen LogP contribution in [0.1, 0.15) is 16.0 Å². The molecule has 0 bridgehead atoms. The highest BCUT2D eigenvalue weighted by atomic mass is 32.1. The lowest BCUT2D eigenvalue weighted by atomic mass is 10.1. The summed E-state index contributed by atoms with van der Waals surface area (Å²) < 4.78 is 0.643. The van der Waals surface area contributed by atoms with Gasteiger partial charge < -0.3 is 4.90 Å². The highest BCUT2D eigenvalue weighted by Gasteiger charge is 2.08. The predicted octanol–water partition coefficient (Wildman–Crippen LogP) is 4.27. The van der Waals surface area contributed by atoms with E-state index in [0.29, 0.717) is 4.32 Å². The first-order chi connectivity index (χ1) is 8.65. The van der Waals surface area contributed by atoms with Gasteiger partial charge in [0.05, 0.1) is 6.54 Å². The Morgan fingerprint density at radius 2 is 1.94 bits per heavy atom. The van der Waals surface area contributed by atoms with E-state index in [1.165, 1.54) is 16.0 Å². The van der Waals surface area contributed by atoms with Crippen LogP contribution in [0.2, 0.25) is 0 Å². The lowest BCUT2D eigenvalue weighted by Crippen LogP contribution is -2.24. The molecule has 0 aliphatic rings. The molecule has 0 N–H and O–H groups in total. The SMILES string of the molecule is Cc1ccc(CN(Cc2cccs2)C(=S)S)cc1. The van der Waals surface area contributed by atoms with Gasteiger partial charge in [-0.1, -0.05) is 48.1 Å². The first kappa shape index (κ1) is 13.6. The molecule has 1 heterocycles. The Hall–Kier alpha value is -0.840. The molecule has 0 spiro atoms. The van der Waals surface area contributed by atoms with Gasteiger partial charge in [-0.05, 0) is 23.9 Å². The van der Waals surface area contributed by atoms with Crippen LogP contribution < -0.4 is 0 Å². The van der Waals surface area contributed by atoms with E-state index in [1.807, 2.05) is 0 Å². The molecule has 0 amide bonds. The zero-order valence-corrected chi connectivity index (χ0v) is 12.7. The first-order valence-corrected chi connectivity index (χ1v) is 7.44. The third-order valence-corrected chi connectivity index (χ3v) is 4.09. The van der Waals surface area contributed by atoms with Gasteiger partial charge in [0.25, 0.3) is 0 Å². The normalized spacial score (nSPS) is 10.3. The highest BCUT2D eigenvalue weighted by Crippen LogP contribution is 2.16. The molecule has 0 unspecified atom stereocenters. The van der Waals surface area contributed by atoms with Gasteiger partial charge in [-0.25, -0.2) is 0 Å². The molecule has 2 rings (SSSR count). The molecule has 0 atom stereocenters. The van der Waals surface area contributed by atoms with Crippen molar-refractivity contribution in [3.63, 3.8) is 0 Å². The van der Waals surface area contributed by atoms with E-state index in [1.54, 1.807) is 11.3 Å². The fourth-order valence-electron chi connectivity index (χ4n) is 1.70. The number of hydrogen-bond acceptors (Lipinski definition) is 2. The fourth-order valence-corrected chi connectivity index (χ4v) is 2.69. The number of thiol groups is 1. The highest BCUT2D eigenvalue weighted by molar-refractivity contribution is 8.10. The molecule has 4 heteroatoms. The number of hydrogen-bond donors (Lipinski definition) is 1. The summed E-state index contributed by atoms with van der Waals surface area (Å²) in [6, 6.07) is 12.7. The van der Waals surface area contributed by atoms with Crippen LogP contribution in [0.15, 0.2) is 41.8 Å². The van der Waals surface area contributed by atoms with Crippen LogP contribution in [0.25, 0.3) is 0 Å². The lowest BCUT2D eigenvalue weighted by Gasteiger charge is -2.22. The minimum absolute atomic E-state index is 0.643. The summed E-state index contributed by atoms with van der Waals surface area (Å²) in [6.45, 7) is 3.73. The molecule has 0 aliphatic carbocycles. The standard InChI is InChI=1S/C14H15NS3/c1-11-4-6-12(7-5-11)9-15(14(16)17)10-13-3-2-8-18-13/h2-8H,9-10H2,1H3,(H,16,17). The van der Waals surface area contributed by atoms with Gasteiger partial charge in [0.2, 0.25) is 0 Å². The summed E-state index contributed by atoms with van der Waals surface area (Å²) >= 11 is 11.3. The lowest BCUT2D eigenvalue weighted by molar-refractivity contribution is 0.425. The molecule has 18 heavy (non-hydrogen) atoms. The van der Waals surface area contributed by atoms with Gasteiger partial charge in [-0.3, -0.25) is 0 Å². The van der Waals surface area contributed by atoms with E-state index in [9.17, 15) is 0 Å². The summed E-state index contributed by atoms with van der Waals surface area (Å²) in [7, 11) is 0. The Morgan fingerprint density at radius 1 is 1.22 bits per heavy atom. The van der Waals surface area contributed by atoms with Gasteiger partial charge >= 0.3 is 0 Å². The minimum atomic E-state index is 0.643. The summed E-state index contributed by atoms with van der Waals surface area (Å²) in [5, 5.41) is 2.08. The van der Waals surface area contributed by atoms with Gasteiger partial charge in [-0.15, -0.1) is 24.0 Å². The third kappa shape index (κ3) is 3.83. The van der Waals surface area contributed by atoms with Gasteiger partial charge in [0.1, 0.15) is 4.32 Å². The Bertz CT molecular complexity index is 502. The number of nitrogens with zero attached hydrogens (tertiary/aromatic N) is 1. The predicted molar refractivity (Wildman–Crippen MR) is 86.3 cm³/mol. The Kier molecular flexibility index (Phi) is 4.80. The average Bonchev–Trinajstić information content (AvgIpc) is 2.84. The van der Waals surface area contributed by atoms with Crippen molar-refractivity contribution < 1.29 is 0 Å². The molecule has 0 saturated carbocycles. The molecule has 1 aromatic heterocycles. The van der Waals surface area contributed by atoms with Gasteiger partial charge in [0, 0.05) is 11.4 Å². The van der Waals surface area contributed by atoms with Crippen molar-refractivity contribution in [3.8, 4) is 0 Å². The Balaban J connectivity index is 2.06. The number of rotatable bonds is 4. The van der Waals surface area contributed by atoms with E-state index in [-0.39, 0.29) is 0 Å². The first-order valence-electron chi connectivity index (χ1n) is 5.71. The summed E-state index contributed by atoms with van der Waals surface area (Å²) in [5.41, 5.74) is 2.53. The van der Waals surface area contributed by atoms with Crippen LogP contribution in [0.3, 0.4) is 0 Å². The van der Waals surface area contributed by atoms with E-state index in [0.717, 1.165) is 13.1 Å². The Morgan fingerprint density at radius 3 is 2.50 bits per heavy atom. The van der Waals surface area contributed by atoms with Crippen LogP contribution in [0.5, 0.6) is 0 Å². The molecule has 1 aromatic carbocycles. The maximum atomic E-state index is 5.21. The molecule has 0 radical (unpaired) electrons. The van der Waals surface area contributed by atoms with Crippen molar-refractivity contribution in [1.29, 1.82) is 0 Å². The van der Waals surface area contributed by atoms with Crippen LogP contribution in [0, 0.1) is 6.92 Å². The van der Waals surface area contributed by atoms with Crippen molar-refractivity contribution in [2.24, 2.45) is 0 Å². The van der Waals surface area contributed by atoms with Crippen LogP contribution in [0.4, 0.5) is 0 Å². The molecule has 1 nitrogen and oxygen atoms in total. The minimum Gasteiger partial charge on any atom is -0.348 e. The van der Waals surface area contributed by atoms with Crippen LogP contribution >= 0.6 is 36.2 Å². The molecule has 0 fully saturated rings. The fraction of sp³-hybridized carbons (Fsp3) is 0.214.